The summed E-state index contributed by atoms with van der Waals surface area (Å²) in [7, 11) is 2.01. The Bertz CT molecular complexity index is 741. The zero-order valence-corrected chi connectivity index (χ0v) is 13.4. The minimum Gasteiger partial charge on any atom is -0.351 e. The number of nitrogens with zero attached hydrogens (tertiary/aromatic N) is 6. The predicted octanol–water partition coefficient (Wildman–Crippen LogP) is 2.51. The van der Waals surface area contributed by atoms with Crippen LogP contribution in [0.25, 0.3) is 5.65 Å². The van der Waals surface area contributed by atoms with E-state index in [1.165, 1.54) is 0 Å². The van der Waals surface area contributed by atoms with Crippen molar-refractivity contribution in [3.8, 4) is 0 Å². The number of fused-ring (bicyclic) bond motifs is 1. The van der Waals surface area contributed by atoms with Gasteiger partial charge in [-0.25, -0.2) is 4.98 Å². The van der Waals surface area contributed by atoms with Gasteiger partial charge < -0.3 is 4.90 Å². The Morgan fingerprint density at radius 1 is 1.24 bits per heavy atom. The van der Waals surface area contributed by atoms with Crippen LogP contribution in [0.5, 0.6) is 0 Å². The van der Waals surface area contributed by atoms with Gasteiger partial charge >= 0.3 is 0 Å². The van der Waals surface area contributed by atoms with Crippen molar-refractivity contribution < 1.29 is 0 Å². The van der Waals surface area contributed by atoms with Crippen molar-refractivity contribution in [1.82, 2.24) is 24.8 Å². The third-order valence-electron chi connectivity index (χ3n) is 3.17. The SMILES string of the molecule is CN(Cc1nccs1)c1ccc2nnc(C(C)(C)C)n2n1. The lowest BCUT2D eigenvalue weighted by molar-refractivity contribution is 0.526. The maximum Gasteiger partial charge on any atom is 0.178 e. The lowest BCUT2D eigenvalue weighted by Crippen LogP contribution is -2.21. The lowest BCUT2D eigenvalue weighted by Gasteiger charge is -2.18. The van der Waals surface area contributed by atoms with E-state index in [2.05, 4.69) is 46.0 Å². The molecule has 0 radical (unpaired) electrons. The summed E-state index contributed by atoms with van der Waals surface area (Å²) in [6.07, 6.45) is 1.82. The Balaban J connectivity index is 1.96. The monoisotopic (exact) mass is 302 g/mol. The summed E-state index contributed by atoms with van der Waals surface area (Å²) in [5.41, 5.74) is 0.671. The van der Waals surface area contributed by atoms with Gasteiger partial charge in [0.1, 0.15) is 10.8 Å². The van der Waals surface area contributed by atoms with Crippen LogP contribution in [0.3, 0.4) is 0 Å². The average molecular weight is 302 g/mol. The highest BCUT2D eigenvalue weighted by Gasteiger charge is 2.22. The van der Waals surface area contributed by atoms with Crippen LogP contribution in [0, 0.1) is 0 Å². The minimum atomic E-state index is -0.0983. The maximum atomic E-state index is 4.68. The lowest BCUT2D eigenvalue weighted by atomic mass is 9.96. The molecule has 3 rings (SSSR count). The van der Waals surface area contributed by atoms with Gasteiger partial charge in [-0.2, -0.15) is 4.52 Å². The topological polar surface area (TPSA) is 59.2 Å². The number of hydrogen-bond donors (Lipinski definition) is 0. The fourth-order valence-corrected chi connectivity index (χ4v) is 2.73. The first-order valence-electron chi connectivity index (χ1n) is 6.77. The highest BCUT2D eigenvalue weighted by atomic mass is 32.1. The molecule has 0 fully saturated rings. The van der Waals surface area contributed by atoms with Gasteiger partial charge in [0.2, 0.25) is 0 Å². The van der Waals surface area contributed by atoms with Crippen LogP contribution in [0.4, 0.5) is 5.82 Å². The van der Waals surface area contributed by atoms with Crippen LogP contribution >= 0.6 is 11.3 Å². The second kappa shape index (κ2) is 5.07. The van der Waals surface area contributed by atoms with Crippen molar-refractivity contribution in [2.75, 3.05) is 11.9 Å². The van der Waals surface area contributed by atoms with Crippen LogP contribution < -0.4 is 4.90 Å². The summed E-state index contributed by atoms with van der Waals surface area (Å²) in [4.78, 5) is 6.38. The normalized spacial score (nSPS) is 12.0. The van der Waals surface area contributed by atoms with Gasteiger partial charge in [-0.05, 0) is 12.1 Å². The molecule has 110 valence electrons. The number of anilines is 1. The summed E-state index contributed by atoms with van der Waals surface area (Å²) in [5.74, 6) is 1.74. The van der Waals surface area contributed by atoms with Crippen molar-refractivity contribution in [1.29, 1.82) is 0 Å². The molecular weight excluding hydrogens is 284 g/mol. The highest BCUT2D eigenvalue weighted by Crippen LogP contribution is 2.21. The molecule has 0 saturated heterocycles. The molecule has 0 atom stereocenters. The van der Waals surface area contributed by atoms with Crippen LogP contribution in [-0.2, 0) is 12.0 Å². The summed E-state index contributed by atoms with van der Waals surface area (Å²) in [6, 6.07) is 3.91. The van der Waals surface area contributed by atoms with E-state index in [0.717, 1.165) is 28.8 Å². The quantitative estimate of drug-likeness (QED) is 0.744. The maximum absolute atomic E-state index is 4.68. The van der Waals surface area contributed by atoms with Crippen LogP contribution in [0.1, 0.15) is 31.6 Å². The van der Waals surface area contributed by atoms with Crippen molar-refractivity contribution >= 4 is 22.8 Å². The zero-order valence-electron chi connectivity index (χ0n) is 12.6. The van der Waals surface area contributed by atoms with Crippen molar-refractivity contribution in [2.45, 2.75) is 32.7 Å². The molecule has 0 aliphatic rings. The van der Waals surface area contributed by atoms with Gasteiger partial charge in [-0.3, -0.25) is 0 Å². The van der Waals surface area contributed by atoms with Gasteiger partial charge in [-0.15, -0.1) is 26.6 Å². The summed E-state index contributed by atoms with van der Waals surface area (Å²) >= 11 is 1.65. The van der Waals surface area contributed by atoms with E-state index in [1.807, 2.05) is 35.3 Å². The molecule has 3 heterocycles. The predicted molar refractivity (Wildman–Crippen MR) is 83.7 cm³/mol. The van der Waals surface area contributed by atoms with Gasteiger partial charge in [-0.1, -0.05) is 20.8 Å². The van der Waals surface area contributed by atoms with Crippen molar-refractivity contribution in [3.63, 3.8) is 0 Å². The summed E-state index contributed by atoms with van der Waals surface area (Å²) < 4.78 is 1.83. The van der Waals surface area contributed by atoms with Gasteiger partial charge in [0.15, 0.2) is 11.5 Å². The van der Waals surface area contributed by atoms with E-state index >= 15 is 0 Å². The van der Waals surface area contributed by atoms with E-state index in [0.29, 0.717) is 0 Å². The molecule has 3 aromatic heterocycles. The molecule has 0 aliphatic heterocycles. The second-order valence-electron chi connectivity index (χ2n) is 6.02. The first kappa shape index (κ1) is 13.9. The van der Waals surface area contributed by atoms with E-state index in [4.69, 9.17) is 0 Å². The van der Waals surface area contributed by atoms with Gasteiger partial charge in [0.05, 0.1) is 6.54 Å². The average Bonchev–Trinajstić information content (AvgIpc) is 3.05. The van der Waals surface area contributed by atoms with Crippen LogP contribution in [-0.4, -0.2) is 31.8 Å². The molecular formula is C14H18N6S. The number of thiazole rings is 1. The molecule has 21 heavy (non-hydrogen) atoms. The third kappa shape index (κ3) is 2.73. The number of hydrogen-bond acceptors (Lipinski definition) is 6. The molecule has 0 aliphatic carbocycles. The molecule has 3 aromatic rings. The Morgan fingerprint density at radius 3 is 2.71 bits per heavy atom. The second-order valence-corrected chi connectivity index (χ2v) is 7.00. The van der Waals surface area contributed by atoms with Gasteiger partial charge in [0.25, 0.3) is 0 Å². The van der Waals surface area contributed by atoms with Crippen LogP contribution in [0.2, 0.25) is 0 Å². The highest BCUT2D eigenvalue weighted by molar-refractivity contribution is 7.09. The Hall–Kier alpha value is -2.02. The molecule has 7 heteroatoms. The Kier molecular flexibility index (Phi) is 3.36. The van der Waals surface area contributed by atoms with E-state index in [9.17, 15) is 0 Å². The number of aromatic nitrogens is 5. The van der Waals surface area contributed by atoms with Crippen molar-refractivity contribution in [2.24, 2.45) is 0 Å². The minimum absolute atomic E-state index is 0.0983. The molecule has 0 N–H and O–H groups in total. The largest absolute Gasteiger partial charge is 0.351 e. The molecule has 0 bridgehead atoms. The molecule has 0 unspecified atom stereocenters. The smallest absolute Gasteiger partial charge is 0.178 e. The summed E-state index contributed by atoms with van der Waals surface area (Å²) in [5, 5.41) is 16.2. The summed E-state index contributed by atoms with van der Waals surface area (Å²) in [6.45, 7) is 7.06. The molecule has 0 spiro atoms. The molecule has 0 saturated carbocycles. The van der Waals surface area contributed by atoms with Crippen LogP contribution in [0.15, 0.2) is 23.7 Å². The fourth-order valence-electron chi connectivity index (χ4n) is 2.07. The Labute approximate surface area is 127 Å². The first-order valence-corrected chi connectivity index (χ1v) is 7.65. The van der Waals surface area contributed by atoms with E-state index < -0.39 is 0 Å². The standard InChI is InChI=1S/C14H18N6S/c1-14(2,3)13-17-16-10-5-6-11(18-20(10)13)19(4)9-12-15-7-8-21-12/h5-8H,9H2,1-4H3. The Morgan fingerprint density at radius 2 is 2.05 bits per heavy atom. The first-order chi connectivity index (χ1) is 9.95. The van der Waals surface area contributed by atoms with E-state index in [1.54, 1.807) is 11.3 Å². The zero-order chi connectivity index (χ0) is 15.0. The van der Waals surface area contributed by atoms with Crippen molar-refractivity contribution in [3.05, 3.63) is 34.5 Å². The molecule has 0 amide bonds. The van der Waals surface area contributed by atoms with E-state index in [-0.39, 0.29) is 5.41 Å². The fraction of sp³-hybridized carbons (Fsp3) is 0.429. The molecule has 0 aromatic carbocycles. The van der Waals surface area contributed by atoms with Gasteiger partial charge in [0, 0.05) is 24.0 Å². The molecule has 6 nitrogen and oxygen atoms in total. The third-order valence-corrected chi connectivity index (χ3v) is 3.93. The number of rotatable bonds is 3.